The van der Waals surface area contributed by atoms with E-state index in [0.29, 0.717) is 0 Å². The summed E-state index contributed by atoms with van der Waals surface area (Å²) in [7, 11) is 0. The maximum Gasteiger partial charge on any atom is 0.305 e. The van der Waals surface area contributed by atoms with Crippen molar-refractivity contribution < 1.29 is 36.1 Å². The smallest absolute Gasteiger partial charge is 0.305 e. The summed E-state index contributed by atoms with van der Waals surface area (Å²) >= 11 is 0. The zero-order valence-electron chi connectivity index (χ0n) is 4.43. The molecule has 7 heavy (non-hydrogen) atoms. The standard InChI is InChI=1S/C4H8O2.Zr/c1-3(2)4(5)6;/h3H,1-2H3,(H,5,6);. The van der Waals surface area contributed by atoms with Crippen molar-refractivity contribution in [3.63, 3.8) is 0 Å². The fraction of sp³-hybridized carbons (Fsp3) is 0.750. The van der Waals surface area contributed by atoms with Crippen LogP contribution < -0.4 is 0 Å². The molecule has 0 spiro atoms. The minimum atomic E-state index is -0.741. The Balaban J connectivity index is 0. The third-order valence-corrected chi connectivity index (χ3v) is 0.494. The maximum absolute atomic E-state index is 9.70. The van der Waals surface area contributed by atoms with Crippen molar-refractivity contribution in [3.05, 3.63) is 0 Å². The van der Waals surface area contributed by atoms with Gasteiger partial charge in [0.1, 0.15) is 0 Å². The zero-order valence-corrected chi connectivity index (χ0v) is 6.89. The van der Waals surface area contributed by atoms with E-state index in [1.54, 1.807) is 13.8 Å². The summed E-state index contributed by atoms with van der Waals surface area (Å²) in [6.07, 6.45) is 0. The van der Waals surface area contributed by atoms with Crippen molar-refractivity contribution in [2.24, 2.45) is 5.92 Å². The molecular weight excluding hydrogens is 171 g/mol. The van der Waals surface area contributed by atoms with Crippen molar-refractivity contribution in [2.45, 2.75) is 13.8 Å². The molecule has 0 aromatic carbocycles. The molecule has 0 aromatic rings. The fourth-order valence-electron chi connectivity index (χ4n) is 0. The van der Waals surface area contributed by atoms with Crippen molar-refractivity contribution >= 4 is 5.97 Å². The van der Waals surface area contributed by atoms with E-state index in [4.69, 9.17) is 5.11 Å². The molecule has 0 aliphatic carbocycles. The molecule has 40 valence electrons. The van der Waals surface area contributed by atoms with Crippen LogP contribution >= 0.6 is 0 Å². The molecule has 2 nitrogen and oxygen atoms in total. The second kappa shape index (κ2) is 4.51. The Hall–Kier alpha value is 0.353. The van der Waals surface area contributed by atoms with Crippen molar-refractivity contribution in [2.75, 3.05) is 0 Å². The molecule has 0 radical (unpaired) electrons. The number of carboxylic acids is 1. The molecule has 0 bridgehead atoms. The van der Waals surface area contributed by atoms with E-state index in [-0.39, 0.29) is 32.1 Å². The van der Waals surface area contributed by atoms with Gasteiger partial charge in [0.25, 0.3) is 0 Å². The van der Waals surface area contributed by atoms with Crippen LogP contribution in [-0.4, -0.2) is 11.1 Å². The molecule has 0 aliphatic heterocycles. The molecule has 0 aromatic heterocycles. The minimum absolute atomic E-state index is 0. The Morgan fingerprint density at radius 1 is 1.57 bits per heavy atom. The molecule has 0 unspecified atom stereocenters. The van der Waals surface area contributed by atoms with Gasteiger partial charge in [-0.3, -0.25) is 4.79 Å². The van der Waals surface area contributed by atoms with Crippen molar-refractivity contribution in [1.82, 2.24) is 0 Å². The number of carboxylic acid groups (broad SMARTS) is 1. The Morgan fingerprint density at radius 2 is 1.71 bits per heavy atom. The van der Waals surface area contributed by atoms with Crippen molar-refractivity contribution in [1.29, 1.82) is 0 Å². The molecule has 0 atom stereocenters. The fourth-order valence-corrected chi connectivity index (χ4v) is 0. The van der Waals surface area contributed by atoms with E-state index < -0.39 is 5.97 Å². The van der Waals surface area contributed by atoms with Crippen LogP contribution in [0, 0.1) is 5.92 Å². The quantitative estimate of drug-likeness (QED) is 0.644. The molecule has 1 N–H and O–H groups in total. The second-order valence-corrected chi connectivity index (χ2v) is 1.49. The summed E-state index contributed by atoms with van der Waals surface area (Å²) in [4.78, 5) is 9.70. The minimum Gasteiger partial charge on any atom is -0.481 e. The van der Waals surface area contributed by atoms with E-state index in [2.05, 4.69) is 0 Å². The Morgan fingerprint density at radius 3 is 1.71 bits per heavy atom. The van der Waals surface area contributed by atoms with Gasteiger partial charge in [-0.05, 0) is 0 Å². The molecule has 0 fully saturated rings. The van der Waals surface area contributed by atoms with Gasteiger partial charge >= 0.3 is 5.97 Å². The first-order valence-electron chi connectivity index (χ1n) is 1.87. The molecule has 0 amide bonds. The topological polar surface area (TPSA) is 37.3 Å². The second-order valence-electron chi connectivity index (χ2n) is 1.49. The van der Waals surface area contributed by atoms with Crippen molar-refractivity contribution in [3.8, 4) is 0 Å². The summed E-state index contributed by atoms with van der Waals surface area (Å²) in [5, 5.41) is 7.99. The zero-order chi connectivity index (χ0) is 5.15. The van der Waals surface area contributed by atoms with Crippen LogP contribution in [0.1, 0.15) is 13.8 Å². The molecule has 0 heterocycles. The van der Waals surface area contributed by atoms with Crippen LogP contribution in [0.25, 0.3) is 0 Å². The first-order chi connectivity index (χ1) is 2.64. The van der Waals surface area contributed by atoms with E-state index in [9.17, 15) is 4.79 Å². The van der Waals surface area contributed by atoms with E-state index in [1.807, 2.05) is 0 Å². The Kier molecular flexibility index (Phi) is 6.67. The monoisotopic (exact) mass is 178 g/mol. The average molecular weight is 179 g/mol. The van der Waals surface area contributed by atoms with Gasteiger partial charge in [-0.2, -0.15) is 0 Å². The van der Waals surface area contributed by atoms with Crippen LogP contribution in [0.15, 0.2) is 0 Å². The van der Waals surface area contributed by atoms with Gasteiger partial charge in [0.05, 0.1) is 5.92 Å². The summed E-state index contributed by atoms with van der Waals surface area (Å²) in [5.41, 5.74) is 0. The van der Waals surface area contributed by atoms with Crippen LogP contribution in [-0.2, 0) is 31.0 Å². The Bertz CT molecular complexity index is 60.7. The predicted octanol–water partition coefficient (Wildman–Crippen LogP) is 0.724. The molecule has 0 aliphatic rings. The number of aliphatic carboxylic acids is 1. The van der Waals surface area contributed by atoms with Crippen LogP contribution in [0.4, 0.5) is 0 Å². The normalized spacial score (nSPS) is 7.86. The van der Waals surface area contributed by atoms with Crippen LogP contribution in [0.3, 0.4) is 0 Å². The van der Waals surface area contributed by atoms with Gasteiger partial charge < -0.3 is 5.11 Å². The Labute approximate surface area is 62.0 Å². The van der Waals surface area contributed by atoms with Crippen LogP contribution in [0.2, 0.25) is 0 Å². The average Bonchev–Trinajstić information content (AvgIpc) is 1.36. The van der Waals surface area contributed by atoms with E-state index in [0.717, 1.165) is 0 Å². The molecule has 3 heteroatoms. The van der Waals surface area contributed by atoms with Gasteiger partial charge in [-0.25, -0.2) is 0 Å². The van der Waals surface area contributed by atoms with E-state index in [1.165, 1.54) is 0 Å². The molecule has 0 saturated heterocycles. The first kappa shape index (κ1) is 10.4. The van der Waals surface area contributed by atoms with E-state index >= 15 is 0 Å². The molecule has 0 rings (SSSR count). The summed E-state index contributed by atoms with van der Waals surface area (Å²) in [6.45, 7) is 3.28. The summed E-state index contributed by atoms with van der Waals surface area (Å²) in [6, 6.07) is 0. The number of hydrogen-bond donors (Lipinski definition) is 1. The van der Waals surface area contributed by atoms with Gasteiger partial charge in [0.15, 0.2) is 0 Å². The molecular formula is C4H8O2Zr. The maximum atomic E-state index is 9.70. The largest absolute Gasteiger partial charge is 0.481 e. The van der Waals surface area contributed by atoms with Gasteiger partial charge in [0.2, 0.25) is 0 Å². The number of hydrogen-bond acceptors (Lipinski definition) is 1. The first-order valence-corrected chi connectivity index (χ1v) is 1.87. The van der Waals surface area contributed by atoms with Gasteiger partial charge in [0, 0.05) is 26.2 Å². The van der Waals surface area contributed by atoms with Crippen LogP contribution in [0.5, 0.6) is 0 Å². The predicted molar refractivity (Wildman–Crippen MR) is 22.5 cm³/mol. The third-order valence-electron chi connectivity index (χ3n) is 0.494. The van der Waals surface area contributed by atoms with Gasteiger partial charge in [-0.1, -0.05) is 13.8 Å². The van der Waals surface area contributed by atoms with Gasteiger partial charge in [-0.15, -0.1) is 0 Å². The summed E-state index contributed by atoms with van der Waals surface area (Å²) < 4.78 is 0. The summed E-state index contributed by atoms with van der Waals surface area (Å²) in [5.74, 6) is -0.972. The number of rotatable bonds is 1. The SMILES string of the molecule is CC(C)C(=O)O.[Zr]. The molecule has 0 saturated carbocycles. The number of carbonyl (C=O) groups is 1. The third kappa shape index (κ3) is 6.35.